The van der Waals surface area contributed by atoms with E-state index in [0.29, 0.717) is 17.2 Å². The summed E-state index contributed by atoms with van der Waals surface area (Å²) in [5.41, 5.74) is -2.11. The van der Waals surface area contributed by atoms with Gasteiger partial charge < -0.3 is 10.1 Å². The van der Waals surface area contributed by atoms with Crippen molar-refractivity contribution >= 4 is 6.03 Å². The maximum Gasteiger partial charge on any atom is 0.416 e. The summed E-state index contributed by atoms with van der Waals surface area (Å²) in [6.45, 7) is 0. The Hall–Kier alpha value is -3.66. The van der Waals surface area contributed by atoms with E-state index in [-0.39, 0.29) is 23.9 Å². The first-order chi connectivity index (χ1) is 17.6. The lowest BCUT2D eigenvalue weighted by atomic mass is 9.77. The molecule has 1 aliphatic carbocycles. The first-order valence-corrected chi connectivity index (χ1v) is 11.9. The Bertz CT molecular complexity index is 1220. The first kappa shape index (κ1) is 26.4. The lowest BCUT2D eigenvalue weighted by molar-refractivity contribution is -0.137. The zero-order valence-electron chi connectivity index (χ0n) is 20.3. The van der Waals surface area contributed by atoms with Gasteiger partial charge in [-0.1, -0.05) is 43.2 Å². The second kappa shape index (κ2) is 10.8. The van der Waals surface area contributed by atoms with E-state index in [9.17, 15) is 22.4 Å². The number of rotatable bonds is 7. The van der Waals surface area contributed by atoms with Gasteiger partial charge in [0.15, 0.2) is 0 Å². The van der Waals surface area contributed by atoms with Crippen LogP contribution in [-0.4, -0.2) is 29.2 Å². The van der Waals surface area contributed by atoms with Crippen molar-refractivity contribution in [1.29, 1.82) is 0 Å². The number of hydrogen-bond donors (Lipinski definition) is 2. The van der Waals surface area contributed by atoms with E-state index in [4.69, 9.17) is 10.6 Å². The molecule has 0 spiro atoms. The molecule has 1 heterocycles. The molecular formula is C27H28F4N4O2. The smallest absolute Gasteiger partial charge is 0.416 e. The van der Waals surface area contributed by atoms with Gasteiger partial charge in [-0.05, 0) is 48.2 Å². The van der Waals surface area contributed by atoms with Crippen LogP contribution < -0.4 is 15.9 Å². The summed E-state index contributed by atoms with van der Waals surface area (Å²) >= 11 is 0. The van der Waals surface area contributed by atoms with E-state index < -0.39 is 29.1 Å². The number of aromatic nitrogens is 1. The van der Waals surface area contributed by atoms with Crippen LogP contribution in [0.15, 0.2) is 66.9 Å². The number of amides is 2. The molecular weight excluding hydrogens is 488 g/mol. The quantitative estimate of drug-likeness (QED) is 0.186. The SMILES string of the molecule is COc1ccc(C(Cc2ccccc2)(c2cc(F)cc(C(F)(F)F)c2)N(N)C(=O)NC2CCCC2)cn1. The molecule has 0 bridgehead atoms. The molecule has 1 saturated carbocycles. The Morgan fingerprint density at radius 1 is 1.05 bits per heavy atom. The zero-order chi connectivity index (χ0) is 26.6. The van der Waals surface area contributed by atoms with E-state index in [2.05, 4.69) is 10.3 Å². The van der Waals surface area contributed by atoms with Gasteiger partial charge in [-0.25, -0.2) is 25.0 Å². The van der Waals surface area contributed by atoms with Crippen LogP contribution in [-0.2, 0) is 18.1 Å². The standard InChI is InChI=1S/C27H28F4N4O2/c1-37-24-12-11-19(17-33-24)26(16-18-7-3-2-4-8-18,35(32)25(36)34-23-9-5-6-10-23)20-13-21(27(29,30)31)15-22(28)14-20/h2-4,7-8,11-15,17,23H,5-6,9-10,16,32H2,1H3,(H,34,36). The van der Waals surface area contributed by atoms with Crippen LogP contribution in [0.3, 0.4) is 0 Å². The Kier molecular flexibility index (Phi) is 7.68. The van der Waals surface area contributed by atoms with Crippen molar-refractivity contribution in [2.24, 2.45) is 5.84 Å². The van der Waals surface area contributed by atoms with Gasteiger partial charge in [-0.3, -0.25) is 0 Å². The van der Waals surface area contributed by atoms with Gasteiger partial charge in [0.05, 0.1) is 12.7 Å². The third kappa shape index (κ3) is 5.69. The van der Waals surface area contributed by atoms with Crippen molar-refractivity contribution in [3.63, 3.8) is 0 Å². The van der Waals surface area contributed by atoms with Crippen molar-refractivity contribution in [3.8, 4) is 5.88 Å². The normalized spacial score (nSPS) is 15.7. The van der Waals surface area contributed by atoms with Gasteiger partial charge in [0.1, 0.15) is 11.4 Å². The highest BCUT2D eigenvalue weighted by atomic mass is 19.4. The fourth-order valence-corrected chi connectivity index (χ4v) is 4.85. The van der Waals surface area contributed by atoms with E-state index in [1.807, 2.05) is 0 Å². The van der Waals surface area contributed by atoms with Crippen molar-refractivity contribution < 1.29 is 27.1 Å². The third-order valence-electron chi connectivity index (χ3n) is 6.74. The number of methoxy groups -OCH3 is 1. The minimum Gasteiger partial charge on any atom is -0.481 e. The number of alkyl halides is 3. The number of pyridine rings is 1. The van der Waals surface area contributed by atoms with E-state index in [1.54, 1.807) is 36.4 Å². The molecule has 0 radical (unpaired) electrons. The lowest BCUT2D eigenvalue weighted by Crippen LogP contribution is -2.60. The number of hydrogen-bond acceptors (Lipinski definition) is 4. The van der Waals surface area contributed by atoms with Gasteiger partial charge in [0, 0.05) is 30.3 Å². The van der Waals surface area contributed by atoms with Crippen LogP contribution in [0.4, 0.5) is 22.4 Å². The largest absolute Gasteiger partial charge is 0.481 e. The number of benzene rings is 2. The highest BCUT2D eigenvalue weighted by Gasteiger charge is 2.45. The number of carbonyl (C=O) groups excluding carboxylic acids is 1. The molecule has 6 nitrogen and oxygen atoms in total. The van der Waals surface area contributed by atoms with Crippen molar-refractivity contribution in [1.82, 2.24) is 15.3 Å². The van der Waals surface area contributed by atoms with Crippen LogP contribution in [0.5, 0.6) is 5.88 Å². The molecule has 10 heteroatoms. The van der Waals surface area contributed by atoms with Crippen LogP contribution in [0.25, 0.3) is 0 Å². The lowest BCUT2D eigenvalue weighted by Gasteiger charge is -2.42. The third-order valence-corrected chi connectivity index (χ3v) is 6.74. The van der Waals surface area contributed by atoms with Gasteiger partial charge in [-0.15, -0.1) is 0 Å². The van der Waals surface area contributed by atoms with Crippen LogP contribution in [0, 0.1) is 5.82 Å². The van der Waals surface area contributed by atoms with Crippen molar-refractivity contribution in [2.45, 2.75) is 49.9 Å². The second-order valence-electron chi connectivity index (χ2n) is 9.14. The summed E-state index contributed by atoms with van der Waals surface area (Å²) in [5, 5.41) is 3.76. The molecule has 4 rings (SSSR count). The molecule has 1 aliphatic rings. The van der Waals surface area contributed by atoms with E-state index in [1.165, 1.54) is 19.4 Å². The summed E-state index contributed by atoms with van der Waals surface area (Å²) in [6.07, 6.45) is -0.0439. The molecule has 0 aliphatic heterocycles. The Morgan fingerprint density at radius 2 is 1.73 bits per heavy atom. The minimum absolute atomic E-state index is 0.0445. The molecule has 1 fully saturated rings. The zero-order valence-corrected chi connectivity index (χ0v) is 20.3. The number of nitrogens with zero attached hydrogens (tertiary/aromatic N) is 2. The van der Waals surface area contributed by atoms with Crippen molar-refractivity contribution in [3.05, 3.63) is 94.9 Å². The molecule has 3 N–H and O–H groups in total. The highest BCUT2D eigenvalue weighted by molar-refractivity contribution is 5.76. The Balaban J connectivity index is 1.95. The minimum atomic E-state index is -4.82. The molecule has 1 atom stereocenters. The van der Waals surface area contributed by atoms with E-state index in [0.717, 1.165) is 42.8 Å². The molecule has 3 aromatic rings. The topological polar surface area (TPSA) is 80.5 Å². The van der Waals surface area contributed by atoms with Crippen LogP contribution in [0.1, 0.15) is 47.9 Å². The molecule has 0 saturated heterocycles. The molecule has 37 heavy (non-hydrogen) atoms. The number of urea groups is 1. The summed E-state index contributed by atoms with van der Waals surface area (Å²) in [5.74, 6) is 5.68. The summed E-state index contributed by atoms with van der Waals surface area (Å²) in [6, 6.07) is 13.4. The number of ether oxygens (including phenoxy) is 1. The van der Waals surface area contributed by atoms with Gasteiger partial charge in [0.2, 0.25) is 5.88 Å². The van der Waals surface area contributed by atoms with E-state index >= 15 is 0 Å². The predicted octanol–water partition coefficient (Wildman–Crippen LogP) is 5.56. The first-order valence-electron chi connectivity index (χ1n) is 11.9. The monoisotopic (exact) mass is 516 g/mol. The maximum absolute atomic E-state index is 14.8. The fourth-order valence-electron chi connectivity index (χ4n) is 4.85. The molecule has 1 aromatic heterocycles. The number of nitrogens with one attached hydrogen (secondary N) is 1. The van der Waals surface area contributed by atoms with Crippen LogP contribution >= 0.6 is 0 Å². The van der Waals surface area contributed by atoms with Crippen LogP contribution in [0.2, 0.25) is 0 Å². The number of hydrazine groups is 1. The fraction of sp³-hybridized carbons (Fsp3) is 0.333. The van der Waals surface area contributed by atoms with Gasteiger partial charge >= 0.3 is 12.2 Å². The number of halogens is 4. The summed E-state index contributed by atoms with van der Waals surface area (Å²) < 4.78 is 61.2. The molecule has 1 unspecified atom stereocenters. The highest BCUT2D eigenvalue weighted by Crippen LogP contribution is 2.41. The summed E-state index contributed by atoms with van der Waals surface area (Å²) in [4.78, 5) is 17.7. The van der Waals surface area contributed by atoms with Gasteiger partial charge in [-0.2, -0.15) is 13.2 Å². The molecule has 2 aromatic carbocycles. The average molecular weight is 517 g/mol. The average Bonchev–Trinajstić information content (AvgIpc) is 3.40. The Morgan fingerprint density at radius 3 is 2.32 bits per heavy atom. The summed E-state index contributed by atoms with van der Waals surface area (Å²) in [7, 11) is 1.42. The Labute approximate surface area is 212 Å². The molecule has 2 amide bonds. The number of nitrogens with two attached hydrogens (primary N) is 1. The van der Waals surface area contributed by atoms with Gasteiger partial charge in [0.25, 0.3) is 0 Å². The van der Waals surface area contributed by atoms with Crippen molar-refractivity contribution in [2.75, 3.05) is 7.11 Å². The second-order valence-corrected chi connectivity index (χ2v) is 9.14. The predicted molar refractivity (Wildman–Crippen MR) is 130 cm³/mol. The number of carbonyl (C=O) groups is 1. The molecule has 196 valence electrons. The maximum atomic E-state index is 14.8.